The minimum absolute atomic E-state index is 0.406. The summed E-state index contributed by atoms with van der Waals surface area (Å²) >= 11 is 0. The third kappa shape index (κ3) is 3.80. The van der Waals surface area contributed by atoms with Crippen molar-refractivity contribution in [2.24, 2.45) is 0 Å². The Hall–Kier alpha value is -1.87. The molecule has 0 aromatic carbocycles. The minimum atomic E-state index is -4.04. The summed E-state index contributed by atoms with van der Waals surface area (Å²) in [7, 11) is -2.50. The molecule has 0 aliphatic rings. The van der Waals surface area contributed by atoms with E-state index >= 15 is 0 Å². The fourth-order valence-corrected chi connectivity index (χ4v) is 2.02. The first-order chi connectivity index (χ1) is 8.77. The average molecular weight is 290 g/mol. The number of nitrogens with one attached hydrogen (secondary N) is 1. The van der Waals surface area contributed by atoms with E-state index in [0.717, 1.165) is 12.1 Å². The Morgan fingerprint density at radius 1 is 1.42 bits per heavy atom. The molecule has 1 aromatic heterocycles. The molecule has 19 heavy (non-hydrogen) atoms. The second kappa shape index (κ2) is 5.85. The summed E-state index contributed by atoms with van der Waals surface area (Å²) in [6, 6.07) is 2.04. The zero-order valence-corrected chi connectivity index (χ0v) is 11.2. The summed E-state index contributed by atoms with van der Waals surface area (Å²) in [5.74, 6) is -2.27. The van der Waals surface area contributed by atoms with Crippen molar-refractivity contribution in [3.63, 3.8) is 0 Å². The van der Waals surface area contributed by atoms with E-state index < -0.39 is 39.3 Å². The van der Waals surface area contributed by atoms with Gasteiger partial charge >= 0.3 is 5.97 Å². The average Bonchev–Trinajstić information content (AvgIpc) is 2.85. The van der Waals surface area contributed by atoms with E-state index in [2.05, 4.69) is 4.42 Å². The van der Waals surface area contributed by atoms with E-state index in [4.69, 9.17) is 5.11 Å². The molecule has 0 fully saturated rings. The van der Waals surface area contributed by atoms with Gasteiger partial charge in [-0.15, -0.1) is 0 Å². The van der Waals surface area contributed by atoms with Crippen LogP contribution in [-0.2, 0) is 14.8 Å². The third-order valence-electron chi connectivity index (χ3n) is 2.37. The molecule has 8 nitrogen and oxygen atoms in total. The number of nitrogens with zero attached hydrogens (tertiary/aromatic N) is 1. The van der Waals surface area contributed by atoms with Crippen LogP contribution in [0.25, 0.3) is 0 Å². The van der Waals surface area contributed by atoms with Crippen LogP contribution in [-0.4, -0.2) is 50.4 Å². The number of carbonyl (C=O) groups is 2. The van der Waals surface area contributed by atoms with Crippen molar-refractivity contribution in [2.45, 2.75) is 12.0 Å². The fourth-order valence-electron chi connectivity index (χ4n) is 1.12. The lowest BCUT2D eigenvalue weighted by Gasteiger charge is -2.14. The molecular weight excluding hydrogens is 276 g/mol. The summed E-state index contributed by atoms with van der Waals surface area (Å²) in [4.78, 5) is 23.3. The highest BCUT2D eigenvalue weighted by molar-refractivity contribution is 7.89. The quantitative estimate of drug-likeness (QED) is 0.745. The molecule has 0 atom stereocenters. The van der Waals surface area contributed by atoms with Gasteiger partial charge in [0, 0.05) is 13.6 Å². The molecule has 0 aliphatic carbocycles. The van der Waals surface area contributed by atoms with Crippen LogP contribution in [0.15, 0.2) is 21.6 Å². The first kappa shape index (κ1) is 15.2. The van der Waals surface area contributed by atoms with Gasteiger partial charge in [0.15, 0.2) is 0 Å². The molecule has 0 bridgehead atoms. The predicted molar refractivity (Wildman–Crippen MR) is 64.2 cm³/mol. The highest BCUT2D eigenvalue weighted by Gasteiger charge is 2.22. The van der Waals surface area contributed by atoms with Crippen molar-refractivity contribution >= 4 is 21.9 Å². The second-order valence-corrected chi connectivity index (χ2v) is 5.35. The molecule has 0 saturated heterocycles. The number of furan rings is 1. The van der Waals surface area contributed by atoms with E-state index in [1.54, 1.807) is 6.92 Å². The number of carbonyl (C=O) groups excluding carboxylic acids is 1. The van der Waals surface area contributed by atoms with Crippen LogP contribution >= 0.6 is 0 Å². The molecule has 9 heteroatoms. The van der Waals surface area contributed by atoms with E-state index in [9.17, 15) is 18.0 Å². The van der Waals surface area contributed by atoms with Crippen LogP contribution in [0.2, 0.25) is 0 Å². The lowest BCUT2D eigenvalue weighted by atomic mass is 10.5. The van der Waals surface area contributed by atoms with E-state index in [0.29, 0.717) is 6.54 Å². The van der Waals surface area contributed by atoms with E-state index in [-0.39, 0.29) is 0 Å². The van der Waals surface area contributed by atoms with Crippen LogP contribution in [0.4, 0.5) is 0 Å². The molecule has 0 saturated carbocycles. The van der Waals surface area contributed by atoms with Gasteiger partial charge in [-0.1, -0.05) is 0 Å². The van der Waals surface area contributed by atoms with Gasteiger partial charge in [0.05, 0.1) is 6.54 Å². The van der Waals surface area contributed by atoms with Crippen molar-refractivity contribution in [3.8, 4) is 0 Å². The fraction of sp³-hybridized carbons (Fsp3) is 0.400. The molecule has 0 unspecified atom stereocenters. The Morgan fingerprint density at radius 2 is 2.05 bits per heavy atom. The zero-order valence-electron chi connectivity index (χ0n) is 10.4. The van der Waals surface area contributed by atoms with Gasteiger partial charge in [-0.05, 0) is 19.1 Å². The first-order valence-electron chi connectivity index (χ1n) is 5.34. The largest absolute Gasteiger partial charge is 0.475 e. The van der Waals surface area contributed by atoms with Gasteiger partial charge in [-0.2, -0.15) is 4.72 Å². The molecule has 0 aliphatic heterocycles. The number of aromatic carboxylic acids is 1. The van der Waals surface area contributed by atoms with Crippen LogP contribution in [0.5, 0.6) is 0 Å². The molecule has 106 valence electrons. The zero-order chi connectivity index (χ0) is 14.6. The maximum atomic E-state index is 11.7. The Bertz CT molecular complexity index is 577. The van der Waals surface area contributed by atoms with E-state index in [1.165, 1.54) is 11.9 Å². The van der Waals surface area contributed by atoms with Crippen LogP contribution < -0.4 is 4.72 Å². The molecule has 0 spiro atoms. The lowest BCUT2D eigenvalue weighted by Crippen LogP contribution is -2.37. The highest BCUT2D eigenvalue weighted by atomic mass is 32.2. The third-order valence-corrected chi connectivity index (χ3v) is 3.64. The predicted octanol–water partition coefficient (Wildman–Crippen LogP) is -0.266. The van der Waals surface area contributed by atoms with Crippen LogP contribution in [0, 0.1) is 0 Å². The minimum Gasteiger partial charge on any atom is -0.475 e. The number of likely N-dealkylation sites (N-methyl/N-ethyl adjacent to an activating group) is 1. The summed E-state index contributed by atoms with van der Waals surface area (Å²) in [5.41, 5.74) is 0. The van der Waals surface area contributed by atoms with Crippen LogP contribution in [0.3, 0.4) is 0 Å². The molecule has 1 aromatic rings. The van der Waals surface area contributed by atoms with Crippen molar-refractivity contribution < 1.29 is 27.5 Å². The molecule has 1 heterocycles. The van der Waals surface area contributed by atoms with Gasteiger partial charge in [0.25, 0.3) is 10.0 Å². The van der Waals surface area contributed by atoms with Gasteiger partial charge in [0.2, 0.25) is 16.8 Å². The molecular formula is C10H14N2O6S. The number of rotatable bonds is 6. The number of amides is 1. The SMILES string of the molecule is CCN(C)C(=O)CNS(=O)(=O)c1ccc(C(=O)O)o1. The van der Waals surface area contributed by atoms with Gasteiger partial charge in [-0.3, -0.25) is 4.79 Å². The van der Waals surface area contributed by atoms with Crippen molar-refractivity contribution in [3.05, 3.63) is 17.9 Å². The Kier molecular flexibility index (Phi) is 4.67. The van der Waals surface area contributed by atoms with Crippen molar-refractivity contribution in [1.29, 1.82) is 0 Å². The van der Waals surface area contributed by atoms with Crippen molar-refractivity contribution in [1.82, 2.24) is 9.62 Å². The van der Waals surface area contributed by atoms with Gasteiger partial charge in [-0.25, -0.2) is 13.2 Å². The Labute approximate surface area is 110 Å². The monoisotopic (exact) mass is 290 g/mol. The molecule has 1 rings (SSSR count). The first-order valence-corrected chi connectivity index (χ1v) is 6.83. The number of hydrogen-bond acceptors (Lipinski definition) is 5. The molecule has 2 N–H and O–H groups in total. The second-order valence-electron chi connectivity index (χ2n) is 3.66. The lowest BCUT2D eigenvalue weighted by molar-refractivity contribution is -0.128. The summed E-state index contributed by atoms with van der Waals surface area (Å²) in [6.45, 7) is 1.78. The smallest absolute Gasteiger partial charge is 0.371 e. The summed E-state index contributed by atoms with van der Waals surface area (Å²) < 4.78 is 30.1. The maximum absolute atomic E-state index is 11.7. The Balaban J connectivity index is 2.76. The van der Waals surface area contributed by atoms with E-state index in [1.807, 2.05) is 4.72 Å². The van der Waals surface area contributed by atoms with Gasteiger partial charge < -0.3 is 14.4 Å². The summed E-state index contributed by atoms with van der Waals surface area (Å²) in [6.07, 6.45) is 0. The highest BCUT2D eigenvalue weighted by Crippen LogP contribution is 2.13. The number of carboxylic acids is 1. The molecule has 1 amide bonds. The maximum Gasteiger partial charge on any atom is 0.371 e. The normalized spacial score (nSPS) is 11.3. The number of sulfonamides is 1. The van der Waals surface area contributed by atoms with Crippen LogP contribution in [0.1, 0.15) is 17.5 Å². The van der Waals surface area contributed by atoms with Crippen molar-refractivity contribution in [2.75, 3.05) is 20.1 Å². The number of carboxylic acid groups (broad SMARTS) is 1. The summed E-state index contributed by atoms with van der Waals surface area (Å²) in [5, 5.41) is 8.07. The molecule has 0 radical (unpaired) electrons. The Morgan fingerprint density at radius 3 is 2.53 bits per heavy atom. The topological polar surface area (TPSA) is 117 Å². The standard InChI is InChI=1S/C10H14N2O6S/c1-3-12(2)8(13)6-11-19(16,17)9-5-4-7(18-9)10(14)15/h4-5,11H,3,6H2,1-2H3,(H,14,15). The van der Waals surface area contributed by atoms with Gasteiger partial charge in [0.1, 0.15) is 0 Å². The number of hydrogen-bond donors (Lipinski definition) is 2.